The highest BCUT2D eigenvalue weighted by atomic mass is 79.9. The first-order valence-electron chi connectivity index (χ1n) is 5.18. The molecule has 0 radical (unpaired) electrons. The number of carboxylic acids is 1. The van der Waals surface area contributed by atoms with E-state index in [1.807, 2.05) is 0 Å². The van der Waals surface area contributed by atoms with Gasteiger partial charge in [0, 0.05) is 23.1 Å². The second-order valence-electron chi connectivity index (χ2n) is 3.55. The minimum Gasteiger partial charge on any atom is -0.478 e. The first-order valence-corrected chi connectivity index (χ1v) is 5.97. The number of nitrogens with one attached hydrogen (secondary N) is 1. The fraction of sp³-hybridized carbons (Fsp3) is 0. The predicted octanol–water partition coefficient (Wildman–Crippen LogP) is 2.19. The van der Waals surface area contributed by atoms with Crippen molar-refractivity contribution in [1.82, 2.24) is 9.97 Å². The number of hydrogen-bond donors (Lipinski definition) is 2. The number of aromatic nitrogens is 2. The van der Waals surface area contributed by atoms with Gasteiger partial charge in [-0.2, -0.15) is 0 Å². The predicted molar refractivity (Wildman–Crippen MR) is 71.1 cm³/mol. The molecule has 1 amide bonds. The van der Waals surface area contributed by atoms with Crippen molar-refractivity contribution in [3.63, 3.8) is 0 Å². The fourth-order valence-corrected chi connectivity index (χ4v) is 1.76. The van der Waals surface area contributed by atoms with Crippen LogP contribution in [0.25, 0.3) is 0 Å². The summed E-state index contributed by atoms with van der Waals surface area (Å²) in [6, 6.07) is 4.43. The molecule has 2 aromatic heterocycles. The Labute approximate surface area is 116 Å². The summed E-state index contributed by atoms with van der Waals surface area (Å²) in [6.45, 7) is 0. The van der Waals surface area contributed by atoms with Gasteiger partial charge < -0.3 is 10.4 Å². The lowest BCUT2D eigenvalue weighted by atomic mass is 10.2. The Bertz CT molecular complexity index is 646. The zero-order chi connectivity index (χ0) is 13.8. The minimum absolute atomic E-state index is 0.0000227. The van der Waals surface area contributed by atoms with E-state index < -0.39 is 11.9 Å². The summed E-state index contributed by atoms with van der Waals surface area (Å²) in [7, 11) is 0. The third-order valence-corrected chi connectivity index (χ3v) is 2.67. The SMILES string of the molecule is O=C(Nc1ncccc1C(=O)O)c1cncc(Br)c1. The number of anilines is 1. The van der Waals surface area contributed by atoms with Gasteiger partial charge >= 0.3 is 5.97 Å². The van der Waals surface area contributed by atoms with Crippen molar-refractivity contribution in [3.8, 4) is 0 Å². The smallest absolute Gasteiger partial charge is 0.339 e. The lowest BCUT2D eigenvalue weighted by Gasteiger charge is -2.06. The lowest BCUT2D eigenvalue weighted by Crippen LogP contribution is -2.16. The second kappa shape index (κ2) is 5.57. The standard InChI is InChI=1S/C12H8BrN3O3/c13-8-4-7(5-14-6-8)11(17)16-10-9(12(18)19)2-1-3-15-10/h1-6H,(H,18,19)(H,15,16,17). The van der Waals surface area contributed by atoms with Crippen LogP contribution >= 0.6 is 15.9 Å². The summed E-state index contributed by atoms with van der Waals surface area (Å²) in [6.07, 6.45) is 4.32. The molecule has 0 unspecified atom stereocenters. The van der Waals surface area contributed by atoms with Crippen LogP contribution in [-0.2, 0) is 0 Å². The molecule has 0 aliphatic rings. The van der Waals surface area contributed by atoms with Gasteiger partial charge in [-0.25, -0.2) is 9.78 Å². The molecule has 6 nitrogen and oxygen atoms in total. The minimum atomic E-state index is -1.16. The molecule has 2 rings (SSSR count). The van der Waals surface area contributed by atoms with Gasteiger partial charge in [0.1, 0.15) is 11.4 Å². The highest BCUT2D eigenvalue weighted by Gasteiger charge is 2.14. The van der Waals surface area contributed by atoms with E-state index in [4.69, 9.17) is 5.11 Å². The third-order valence-electron chi connectivity index (χ3n) is 2.24. The summed E-state index contributed by atoms with van der Waals surface area (Å²) < 4.78 is 0.652. The first-order chi connectivity index (χ1) is 9.08. The molecule has 0 aliphatic heterocycles. The van der Waals surface area contributed by atoms with E-state index in [0.29, 0.717) is 10.0 Å². The molecule has 2 N–H and O–H groups in total. The van der Waals surface area contributed by atoms with Crippen LogP contribution in [0.4, 0.5) is 5.82 Å². The maximum atomic E-state index is 11.9. The van der Waals surface area contributed by atoms with Gasteiger partial charge in [-0.05, 0) is 34.1 Å². The number of aromatic carboxylic acids is 1. The largest absolute Gasteiger partial charge is 0.478 e. The number of carboxylic acid groups (broad SMARTS) is 1. The van der Waals surface area contributed by atoms with Crippen LogP contribution in [-0.4, -0.2) is 27.0 Å². The first kappa shape index (κ1) is 13.2. The van der Waals surface area contributed by atoms with Gasteiger partial charge in [0.05, 0.1) is 5.56 Å². The van der Waals surface area contributed by atoms with Crippen molar-refractivity contribution in [2.75, 3.05) is 5.32 Å². The van der Waals surface area contributed by atoms with Crippen molar-refractivity contribution >= 4 is 33.6 Å². The molecule has 0 atom stereocenters. The lowest BCUT2D eigenvalue weighted by molar-refractivity contribution is 0.0697. The quantitative estimate of drug-likeness (QED) is 0.904. The summed E-state index contributed by atoms with van der Waals surface area (Å²) >= 11 is 3.20. The molecule has 19 heavy (non-hydrogen) atoms. The Kier molecular flexibility index (Phi) is 3.86. The summed E-state index contributed by atoms with van der Waals surface area (Å²) in [5.41, 5.74) is 0.232. The van der Waals surface area contributed by atoms with Gasteiger partial charge in [0.15, 0.2) is 0 Å². The zero-order valence-corrected chi connectivity index (χ0v) is 11.1. The Morgan fingerprint density at radius 3 is 2.79 bits per heavy atom. The maximum absolute atomic E-state index is 11.9. The summed E-state index contributed by atoms with van der Waals surface area (Å²) in [5.74, 6) is -1.63. The van der Waals surface area contributed by atoms with E-state index in [9.17, 15) is 9.59 Å². The number of hydrogen-bond acceptors (Lipinski definition) is 4. The molecular weight excluding hydrogens is 314 g/mol. The van der Waals surface area contributed by atoms with E-state index in [2.05, 4.69) is 31.2 Å². The molecule has 2 heterocycles. The average Bonchev–Trinajstić information content (AvgIpc) is 2.39. The van der Waals surface area contributed by atoms with Crippen LogP contribution < -0.4 is 5.32 Å². The number of halogens is 1. The monoisotopic (exact) mass is 321 g/mol. The third kappa shape index (κ3) is 3.14. The molecule has 96 valence electrons. The van der Waals surface area contributed by atoms with Gasteiger partial charge in [0.2, 0.25) is 0 Å². The van der Waals surface area contributed by atoms with E-state index in [0.717, 1.165) is 0 Å². The van der Waals surface area contributed by atoms with E-state index in [-0.39, 0.29) is 11.4 Å². The zero-order valence-electron chi connectivity index (χ0n) is 9.50. The second-order valence-corrected chi connectivity index (χ2v) is 4.47. The number of carbonyl (C=O) groups is 2. The number of pyridine rings is 2. The molecule has 0 spiro atoms. The van der Waals surface area contributed by atoms with Crippen molar-refractivity contribution in [2.45, 2.75) is 0 Å². The molecule has 0 aromatic carbocycles. The summed E-state index contributed by atoms with van der Waals surface area (Å²) in [5, 5.41) is 11.4. The highest BCUT2D eigenvalue weighted by Crippen LogP contribution is 2.14. The van der Waals surface area contributed by atoms with E-state index >= 15 is 0 Å². The van der Waals surface area contributed by atoms with Gasteiger partial charge in [-0.1, -0.05) is 0 Å². The molecule has 2 aromatic rings. The Hall–Kier alpha value is -2.28. The number of rotatable bonds is 3. The number of nitrogens with zero attached hydrogens (tertiary/aromatic N) is 2. The van der Waals surface area contributed by atoms with Crippen molar-refractivity contribution in [1.29, 1.82) is 0 Å². The molecule has 0 bridgehead atoms. The topological polar surface area (TPSA) is 92.2 Å². The van der Waals surface area contributed by atoms with Gasteiger partial charge in [-0.15, -0.1) is 0 Å². The van der Waals surface area contributed by atoms with Crippen LogP contribution in [0, 0.1) is 0 Å². The van der Waals surface area contributed by atoms with Crippen molar-refractivity contribution in [3.05, 3.63) is 52.4 Å². The van der Waals surface area contributed by atoms with E-state index in [1.165, 1.54) is 24.5 Å². The average molecular weight is 322 g/mol. The highest BCUT2D eigenvalue weighted by molar-refractivity contribution is 9.10. The molecular formula is C12H8BrN3O3. The molecule has 0 saturated carbocycles. The van der Waals surface area contributed by atoms with Gasteiger partial charge in [-0.3, -0.25) is 9.78 Å². The molecule has 0 fully saturated rings. The molecule has 7 heteroatoms. The molecule has 0 aliphatic carbocycles. The van der Waals surface area contributed by atoms with Crippen molar-refractivity contribution < 1.29 is 14.7 Å². The molecule has 0 saturated heterocycles. The van der Waals surface area contributed by atoms with Crippen LogP contribution in [0.3, 0.4) is 0 Å². The maximum Gasteiger partial charge on any atom is 0.339 e. The van der Waals surface area contributed by atoms with Crippen LogP contribution in [0.5, 0.6) is 0 Å². The Morgan fingerprint density at radius 2 is 2.11 bits per heavy atom. The normalized spacial score (nSPS) is 9.95. The van der Waals surface area contributed by atoms with Crippen LogP contribution in [0.2, 0.25) is 0 Å². The van der Waals surface area contributed by atoms with Crippen LogP contribution in [0.1, 0.15) is 20.7 Å². The fourth-order valence-electron chi connectivity index (χ4n) is 1.39. The van der Waals surface area contributed by atoms with E-state index in [1.54, 1.807) is 12.3 Å². The Balaban J connectivity index is 2.27. The number of carbonyl (C=O) groups excluding carboxylic acids is 1. The Morgan fingerprint density at radius 1 is 1.32 bits per heavy atom. The summed E-state index contributed by atoms with van der Waals surface area (Å²) in [4.78, 5) is 30.6. The van der Waals surface area contributed by atoms with Crippen molar-refractivity contribution in [2.24, 2.45) is 0 Å². The number of amides is 1. The van der Waals surface area contributed by atoms with Gasteiger partial charge in [0.25, 0.3) is 5.91 Å². The van der Waals surface area contributed by atoms with Crippen LogP contribution in [0.15, 0.2) is 41.3 Å².